The number of ether oxygens (including phenoxy) is 1. The Hall–Kier alpha value is -1.13. The summed E-state index contributed by atoms with van der Waals surface area (Å²) in [5.41, 5.74) is 0.886. The van der Waals surface area contributed by atoms with E-state index in [-0.39, 0.29) is 0 Å². The molecule has 0 saturated carbocycles. The van der Waals surface area contributed by atoms with Crippen molar-refractivity contribution in [3.05, 3.63) is 29.3 Å². The quantitative estimate of drug-likeness (QED) is 0.821. The lowest BCUT2D eigenvalue weighted by Crippen LogP contribution is -2.06. The van der Waals surface area contributed by atoms with Crippen LogP contribution in [0, 0.1) is 0 Å². The first kappa shape index (κ1) is 12.3. The molecule has 0 aromatic heterocycles. The maximum Gasteiger partial charge on any atom is 0.145 e. The monoisotopic (exact) mass is 268 g/mol. The van der Waals surface area contributed by atoms with E-state index in [1.54, 1.807) is 18.9 Å². The molecule has 3 nitrogen and oxygen atoms in total. The lowest BCUT2D eigenvalue weighted by molar-refractivity contribution is 0.414. The van der Waals surface area contributed by atoms with Gasteiger partial charge in [0.2, 0.25) is 0 Å². The van der Waals surface area contributed by atoms with Gasteiger partial charge < -0.3 is 9.64 Å². The fourth-order valence-electron chi connectivity index (χ4n) is 1.43. The fraction of sp³-hybridized carbons (Fsp3) is 0.250. The third-order valence-electron chi connectivity index (χ3n) is 2.18. The molecule has 5 heteroatoms. The molecular formula is C12H13ClN2OS. The summed E-state index contributed by atoms with van der Waals surface area (Å²) in [6.45, 7) is 0. The second-order valence-corrected chi connectivity index (χ2v) is 5.24. The molecule has 0 aliphatic carbocycles. The molecule has 0 N–H and O–H groups in total. The summed E-state index contributed by atoms with van der Waals surface area (Å²) in [5, 5.41) is 0.529. The molecule has 0 unspecified atom stereocenters. The minimum atomic E-state index is 0.529. The number of halogens is 1. The molecule has 1 aromatic rings. The fourth-order valence-corrected chi connectivity index (χ4v) is 2.71. The predicted octanol–water partition coefficient (Wildman–Crippen LogP) is 3.47. The van der Waals surface area contributed by atoms with Crippen molar-refractivity contribution in [3.63, 3.8) is 0 Å². The van der Waals surface area contributed by atoms with Gasteiger partial charge in [-0.05, 0) is 18.2 Å². The van der Waals surface area contributed by atoms with Gasteiger partial charge in [-0.15, -0.1) is 0 Å². The minimum absolute atomic E-state index is 0.529. The van der Waals surface area contributed by atoms with Crippen LogP contribution < -0.4 is 4.74 Å². The molecule has 1 aliphatic rings. The summed E-state index contributed by atoms with van der Waals surface area (Å²) >= 11 is 7.73. The number of rotatable bonds is 2. The number of hydrogen-bond donors (Lipinski definition) is 0. The van der Waals surface area contributed by atoms with Crippen LogP contribution in [0.1, 0.15) is 0 Å². The third kappa shape index (κ3) is 2.76. The molecule has 1 heterocycles. The van der Waals surface area contributed by atoms with Crippen LogP contribution in [-0.2, 0) is 0 Å². The number of thioether (sulfide) groups is 1. The van der Waals surface area contributed by atoms with Gasteiger partial charge in [-0.25, -0.2) is 4.99 Å². The van der Waals surface area contributed by atoms with Crippen molar-refractivity contribution < 1.29 is 4.74 Å². The number of benzene rings is 1. The minimum Gasteiger partial charge on any atom is -0.497 e. The predicted molar refractivity (Wildman–Crippen MR) is 73.6 cm³/mol. The molecule has 0 atom stereocenters. The summed E-state index contributed by atoms with van der Waals surface area (Å²) in [4.78, 5) is 8.32. The van der Waals surface area contributed by atoms with Gasteiger partial charge in [0.25, 0.3) is 0 Å². The van der Waals surface area contributed by atoms with Gasteiger partial charge in [-0.3, -0.25) is 0 Å². The van der Waals surface area contributed by atoms with Crippen molar-refractivity contribution in [2.24, 2.45) is 4.99 Å². The van der Waals surface area contributed by atoms with Crippen molar-refractivity contribution in [1.29, 1.82) is 0 Å². The van der Waals surface area contributed by atoms with E-state index in [9.17, 15) is 0 Å². The molecule has 0 saturated heterocycles. The molecule has 0 radical (unpaired) electrons. The van der Waals surface area contributed by atoms with Gasteiger partial charge >= 0.3 is 0 Å². The molecule has 2 rings (SSSR count). The summed E-state index contributed by atoms with van der Waals surface area (Å²) in [6, 6.07) is 5.76. The van der Waals surface area contributed by atoms with Crippen LogP contribution in [0.15, 0.2) is 39.2 Å². The first-order valence-corrected chi connectivity index (χ1v) is 6.28. The van der Waals surface area contributed by atoms with E-state index in [1.807, 2.05) is 43.4 Å². The van der Waals surface area contributed by atoms with E-state index in [4.69, 9.17) is 16.3 Å². The van der Waals surface area contributed by atoms with Crippen LogP contribution >= 0.6 is 23.4 Å². The van der Waals surface area contributed by atoms with Crippen molar-refractivity contribution in [2.75, 3.05) is 21.2 Å². The molecule has 1 aliphatic heterocycles. The average Bonchev–Trinajstić information content (AvgIpc) is 2.29. The number of allylic oxidation sites excluding steroid dienone is 1. The van der Waals surface area contributed by atoms with Crippen molar-refractivity contribution in [2.45, 2.75) is 4.90 Å². The van der Waals surface area contributed by atoms with Crippen LogP contribution in [0.2, 0.25) is 0 Å². The van der Waals surface area contributed by atoms with E-state index >= 15 is 0 Å². The molecule has 17 heavy (non-hydrogen) atoms. The zero-order valence-corrected chi connectivity index (χ0v) is 11.5. The van der Waals surface area contributed by atoms with E-state index in [0.29, 0.717) is 5.17 Å². The Morgan fingerprint density at radius 3 is 2.82 bits per heavy atom. The van der Waals surface area contributed by atoms with Gasteiger partial charge in [0.15, 0.2) is 0 Å². The highest BCUT2D eigenvalue weighted by atomic mass is 35.5. The molecule has 90 valence electrons. The Balaban J connectivity index is 2.40. The second-order valence-electron chi connectivity index (χ2n) is 3.80. The van der Waals surface area contributed by atoms with Crippen molar-refractivity contribution >= 4 is 34.2 Å². The molecular weight excluding hydrogens is 256 g/mol. The molecule has 0 amide bonds. The van der Waals surface area contributed by atoms with Gasteiger partial charge in [-0.2, -0.15) is 0 Å². The second kappa shape index (κ2) is 5.02. The lowest BCUT2D eigenvalue weighted by Gasteiger charge is -2.17. The van der Waals surface area contributed by atoms with E-state index in [2.05, 4.69) is 4.99 Å². The Kier molecular flexibility index (Phi) is 3.64. The molecule has 0 bridgehead atoms. The van der Waals surface area contributed by atoms with Crippen LogP contribution in [0.3, 0.4) is 0 Å². The van der Waals surface area contributed by atoms with E-state index in [0.717, 1.165) is 21.2 Å². The number of aliphatic imine (C=N–C) groups is 1. The topological polar surface area (TPSA) is 24.8 Å². The molecule has 0 fully saturated rings. The van der Waals surface area contributed by atoms with Gasteiger partial charge in [0.05, 0.1) is 17.7 Å². The Morgan fingerprint density at radius 2 is 2.18 bits per heavy atom. The van der Waals surface area contributed by atoms with Gasteiger partial charge in [0.1, 0.15) is 10.9 Å². The largest absolute Gasteiger partial charge is 0.497 e. The Bertz CT molecular complexity index is 497. The zero-order chi connectivity index (χ0) is 12.4. The SMILES string of the molecule is COc1ccc2c(c1)SC(=CN(C)C)C(Cl)=N2. The van der Waals surface area contributed by atoms with Crippen molar-refractivity contribution in [3.8, 4) is 5.75 Å². The average molecular weight is 269 g/mol. The number of nitrogens with zero attached hydrogens (tertiary/aromatic N) is 2. The van der Waals surface area contributed by atoms with Gasteiger partial charge in [-0.1, -0.05) is 23.4 Å². The van der Waals surface area contributed by atoms with E-state index < -0.39 is 0 Å². The lowest BCUT2D eigenvalue weighted by atomic mass is 10.3. The highest BCUT2D eigenvalue weighted by Crippen LogP contribution is 2.42. The highest BCUT2D eigenvalue weighted by Gasteiger charge is 2.17. The third-order valence-corrected chi connectivity index (χ3v) is 3.65. The zero-order valence-electron chi connectivity index (χ0n) is 9.90. The standard InChI is InChI=1S/C12H13ClN2OS/c1-15(2)7-11-12(13)14-9-5-4-8(16-3)6-10(9)17-11/h4-7H,1-3H3. The summed E-state index contributed by atoms with van der Waals surface area (Å²) in [6.07, 6.45) is 1.96. The first-order valence-electron chi connectivity index (χ1n) is 5.09. The number of fused-ring (bicyclic) bond motifs is 1. The maximum absolute atomic E-state index is 6.13. The first-order chi connectivity index (χ1) is 8.10. The smallest absolute Gasteiger partial charge is 0.145 e. The Morgan fingerprint density at radius 1 is 1.41 bits per heavy atom. The van der Waals surface area contributed by atoms with Crippen LogP contribution in [0.5, 0.6) is 5.75 Å². The van der Waals surface area contributed by atoms with Crippen LogP contribution in [0.25, 0.3) is 0 Å². The Labute approximate surface area is 110 Å². The number of methoxy groups -OCH3 is 1. The normalized spacial score (nSPS) is 16.5. The number of hydrogen-bond acceptors (Lipinski definition) is 4. The summed E-state index contributed by atoms with van der Waals surface area (Å²) < 4.78 is 5.20. The highest BCUT2D eigenvalue weighted by molar-refractivity contribution is 8.04. The maximum atomic E-state index is 6.13. The molecule has 1 aromatic carbocycles. The summed E-state index contributed by atoms with van der Waals surface area (Å²) in [5.74, 6) is 0.827. The molecule has 0 spiro atoms. The van der Waals surface area contributed by atoms with E-state index in [1.165, 1.54) is 0 Å². The van der Waals surface area contributed by atoms with Crippen molar-refractivity contribution in [1.82, 2.24) is 4.90 Å². The summed E-state index contributed by atoms with van der Waals surface area (Å²) in [7, 11) is 5.57. The van der Waals surface area contributed by atoms with Crippen LogP contribution in [-0.4, -0.2) is 31.3 Å². The van der Waals surface area contributed by atoms with Crippen LogP contribution in [0.4, 0.5) is 5.69 Å². The van der Waals surface area contributed by atoms with Gasteiger partial charge in [0, 0.05) is 25.2 Å².